The van der Waals surface area contributed by atoms with Gasteiger partial charge in [-0.05, 0) is 39.4 Å². The van der Waals surface area contributed by atoms with Crippen LogP contribution in [-0.2, 0) is 6.54 Å². The highest BCUT2D eigenvalue weighted by atomic mass is 16.4. The first-order valence-corrected chi connectivity index (χ1v) is 6.23. The van der Waals surface area contributed by atoms with Crippen LogP contribution in [0.3, 0.4) is 0 Å². The summed E-state index contributed by atoms with van der Waals surface area (Å²) in [6, 6.07) is 1.49. The zero-order chi connectivity index (χ0) is 13.2. The molecular weight excluding hydrogens is 232 g/mol. The summed E-state index contributed by atoms with van der Waals surface area (Å²) in [5.41, 5.74) is 0.478. The number of likely N-dealkylation sites (N-methyl/N-ethyl adjacent to an activating group) is 1. The summed E-state index contributed by atoms with van der Waals surface area (Å²) < 4.78 is 5.20. The third kappa shape index (κ3) is 2.42. The van der Waals surface area contributed by atoms with Crippen molar-refractivity contribution in [2.45, 2.75) is 31.3 Å². The van der Waals surface area contributed by atoms with E-state index < -0.39 is 5.97 Å². The van der Waals surface area contributed by atoms with Crippen LogP contribution < -0.4 is 5.32 Å². The molecule has 100 valence electrons. The van der Waals surface area contributed by atoms with Crippen LogP contribution in [0.25, 0.3) is 0 Å². The fourth-order valence-electron chi connectivity index (χ4n) is 2.44. The van der Waals surface area contributed by atoms with Crippen molar-refractivity contribution in [3.63, 3.8) is 0 Å². The summed E-state index contributed by atoms with van der Waals surface area (Å²) in [6.45, 7) is 1.32. The minimum absolute atomic E-state index is 0.232. The van der Waals surface area contributed by atoms with Gasteiger partial charge in [0.05, 0.1) is 12.8 Å². The molecule has 2 N–H and O–H groups in total. The van der Waals surface area contributed by atoms with Gasteiger partial charge in [0.2, 0.25) is 0 Å². The highest BCUT2D eigenvalue weighted by molar-refractivity contribution is 5.88. The summed E-state index contributed by atoms with van der Waals surface area (Å²) in [7, 11) is 4.19. The number of aromatic carboxylic acids is 1. The van der Waals surface area contributed by atoms with E-state index in [4.69, 9.17) is 9.52 Å². The minimum Gasteiger partial charge on any atom is -0.478 e. The van der Waals surface area contributed by atoms with Gasteiger partial charge in [-0.2, -0.15) is 0 Å². The van der Waals surface area contributed by atoms with Crippen LogP contribution in [-0.4, -0.2) is 42.2 Å². The second-order valence-corrected chi connectivity index (χ2v) is 5.14. The number of rotatable bonds is 6. The Bertz CT molecular complexity index is 422. The number of nitrogens with one attached hydrogen (secondary N) is 1. The normalized spacial score (nSPS) is 17.7. The smallest absolute Gasteiger partial charge is 0.339 e. The zero-order valence-corrected chi connectivity index (χ0v) is 10.9. The van der Waals surface area contributed by atoms with Crippen LogP contribution in [0.4, 0.5) is 0 Å². The van der Waals surface area contributed by atoms with Gasteiger partial charge in [0.1, 0.15) is 11.3 Å². The predicted molar refractivity (Wildman–Crippen MR) is 67.6 cm³/mol. The van der Waals surface area contributed by atoms with Crippen LogP contribution in [0.5, 0.6) is 0 Å². The molecule has 1 aromatic heterocycles. The molecule has 1 heterocycles. The predicted octanol–water partition coefficient (Wildman–Crippen LogP) is 1.55. The first kappa shape index (κ1) is 13.1. The molecule has 0 atom stereocenters. The quantitative estimate of drug-likeness (QED) is 0.804. The highest BCUT2D eigenvalue weighted by Gasteiger charge is 2.38. The molecule has 1 aliphatic carbocycles. The molecule has 1 fully saturated rings. The molecule has 0 aromatic carbocycles. The molecule has 0 amide bonds. The van der Waals surface area contributed by atoms with E-state index in [0.29, 0.717) is 12.3 Å². The summed E-state index contributed by atoms with van der Waals surface area (Å²) >= 11 is 0. The summed E-state index contributed by atoms with van der Waals surface area (Å²) in [4.78, 5) is 13.2. The van der Waals surface area contributed by atoms with Crippen molar-refractivity contribution in [3.8, 4) is 0 Å². The Kier molecular flexibility index (Phi) is 3.73. The standard InChI is InChI=1S/C13H20N2O3/c1-15(2)13(5-3-6-13)9-14-8-11-10(12(16)17)4-7-18-11/h4,7,14H,3,5-6,8-9H2,1-2H3,(H,16,17). The number of carbonyl (C=O) groups is 1. The lowest BCUT2D eigenvalue weighted by atomic mass is 9.75. The molecule has 0 unspecified atom stereocenters. The van der Waals surface area contributed by atoms with Gasteiger partial charge in [-0.15, -0.1) is 0 Å². The van der Waals surface area contributed by atoms with Gasteiger partial charge >= 0.3 is 5.97 Å². The van der Waals surface area contributed by atoms with Crippen LogP contribution >= 0.6 is 0 Å². The zero-order valence-electron chi connectivity index (χ0n) is 10.9. The van der Waals surface area contributed by atoms with Crippen molar-refractivity contribution in [3.05, 3.63) is 23.7 Å². The molecule has 5 heteroatoms. The van der Waals surface area contributed by atoms with Gasteiger partial charge in [-0.1, -0.05) is 0 Å². The van der Waals surface area contributed by atoms with Crippen molar-refractivity contribution in [1.29, 1.82) is 0 Å². The third-order valence-electron chi connectivity index (χ3n) is 3.95. The lowest BCUT2D eigenvalue weighted by Crippen LogP contribution is -2.56. The Morgan fingerprint density at radius 2 is 2.28 bits per heavy atom. The van der Waals surface area contributed by atoms with E-state index in [1.165, 1.54) is 31.6 Å². The van der Waals surface area contributed by atoms with Gasteiger partial charge < -0.3 is 19.7 Å². The van der Waals surface area contributed by atoms with E-state index in [1.807, 2.05) is 0 Å². The van der Waals surface area contributed by atoms with Gasteiger partial charge in [-0.3, -0.25) is 0 Å². The molecule has 1 aliphatic rings. The third-order valence-corrected chi connectivity index (χ3v) is 3.95. The molecule has 0 bridgehead atoms. The van der Waals surface area contributed by atoms with E-state index >= 15 is 0 Å². The number of carboxylic acid groups (broad SMARTS) is 1. The molecule has 5 nitrogen and oxygen atoms in total. The molecule has 2 rings (SSSR count). The summed E-state index contributed by atoms with van der Waals surface area (Å²) in [5, 5.41) is 12.3. The first-order valence-electron chi connectivity index (χ1n) is 6.23. The topological polar surface area (TPSA) is 65.7 Å². The van der Waals surface area contributed by atoms with E-state index in [1.54, 1.807) is 0 Å². The molecule has 0 saturated heterocycles. The van der Waals surface area contributed by atoms with E-state index in [0.717, 1.165) is 6.54 Å². The average molecular weight is 252 g/mol. The van der Waals surface area contributed by atoms with Gasteiger partial charge in [0.15, 0.2) is 0 Å². The monoisotopic (exact) mass is 252 g/mol. The number of carboxylic acids is 1. The molecule has 0 spiro atoms. The molecule has 1 saturated carbocycles. The van der Waals surface area contributed by atoms with E-state index in [-0.39, 0.29) is 11.1 Å². The van der Waals surface area contributed by atoms with Crippen LogP contribution in [0.15, 0.2) is 16.7 Å². The lowest BCUT2D eigenvalue weighted by Gasteiger charge is -2.47. The molecule has 18 heavy (non-hydrogen) atoms. The van der Waals surface area contributed by atoms with Crippen LogP contribution in [0.1, 0.15) is 35.4 Å². The molecular formula is C13H20N2O3. The Balaban J connectivity index is 1.88. The Morgan fingerprint density at radius 1 is 1.56 bits per heavy atom. The molecule has 0 aliphatic heterocycles. The fourth-order valence-corrected chi connectivity index (χ4v) is 2.44. The average Bonchev–Trinajstić information content (AvgIpc) is 2.69. The number of furan rings is 1. The van der Waals surface area contributed by atoms with Crippen LogP contribution in [0, 0.1) is 0 Å². The number of nitrogens with zero attached hydrogens (tertiary/aromatic N) is 1. The Labute approximate surface area is 107 Å². The maximum atomic E-state index is 10.9. The van der Waals surface area contributed by atoms with E-state index in [9.17, 15) is 4.79 Å². The van der Waals surface area contributed by atoms with Gasteiger partial charge in [0.25, 0.3) is 0 Å². The highest BCUT2D eigenvalue weighted by Crippen LogP contribution is 2.35. The fraction of sp³-hybridized carbons (Fsp3) is 0.615. The van der Waals surface area contributed by atoms with Crippen molar-refractivity contribution in [2.75, 3.05) is 20.6 Å². The number of hydrogen-bond donors (Lipinski definition) is 2. The minimum atomic E-state index is -0.938. The van der Waals surface area contributed by atoms with Crippen LogP contribution in [0.2, 0.25) is 0 Å². The second-order valence-electron chi connectivity index (χ2n) is 5.14. The first-order chi connectivity index (χ1) is 8.55. The van der Waals surface area contributed by atoms with Crippen molar-refractivity contribution in [2.24, 2.45) is 0 Å². The SMILES string of the molecule is CN(C)C1(CNCc2occc2C(=O)O)CCC1. The van der Waals surface area contributed by atoms with Crippen molar-refractivity contribution >= 4 is 5.97 Å². The number of hydrogen-bond acceptors (Lipinski definition) is 4. The summed E-state index contributed by atoms with van der Waals surface area (Å²) in [5.74, 6) is -0.442. The Morgan fingerprint density at radius 3 is 2.78 bits per heavy atom. The van der Waals surface area contributed by atoms with Crippen molar-refractivity contribution in [1.82, 2.24) is 10.2 Å². The van der Waals surface area contributed by atoms with Gasteiger partial charge in [-0.25, -0.2) is 4.79 Å². The summed E-state index contributed by atoms with van der Waals surface area (Å²) in [6.07, 6.45) is 5.07. The maximum absolute atomic E-state index is 10.9. The molecule has 1 aromatic rings. The Hall–Kier alpha value is -1.33. The van der Waals surface area contributed by atoms with Crippen molar-refractivity contribution < 1.29 is 14.3 Å². The second kappa shape index (κ2) is 5.12. The van der Waals surface area contributed by atoms with Gasteiger partial charge in [0, 0.05) is 12.1 Å². The maximum Gasteiger partial charge on any atom is 0.339 e. The lowest BCUT2D eigenvalue weighted by molar-refractivity contribution is 0.0592. The molecule has 0 radical (unpaired) electrons. The largest absolute Gasteiger partial charge is 0.478 e. The van der Waals surface area contributed by atoms with E-state index in [2.05, 4.69) is 24.3 Å².